The Balaban J connectivity index is 2.29. The molecule has 2 aromatic rings. The zero-order valence-electron chi connectivity index (χ0n) is 11.5. The first-order valence-corrected chi connectivity index (χ1v) is 7.07. The van der Waals surface area contributed by atoms with Crippen molar-refractivity contribution in [1.82, 2.24) is 0 Å². The standard InChI is InChI=1S/C15H13BrF3NO2/c1-8-6-10(16)7-12(14(8)21)13(20)9-2-4-11(5-3-9)22-15(17,18)19/h2-7,13,21H,20H2,1H3/t13-/m1/s1. The van der Waals surface area contributed by atoms with Crippen molar-refractivity contribution >= 4 is 15.9 Å². The highest BCUT2D eigenvalue weighted by molar-refractivity contribution is 9.10. The maximum atomic E-state index is 12.1. The van der Waals surface area contributed by atoms with Crippen molar-refractivity contribution in [3.05, 3.63) is 57.6 Å². The summed E-state index contributed by atoms with van der Waals surface area (Å²) in [6.07, 6.45) is -4.73. The summed E-state index contributed by atoms with van der Waals surface area (Å²) in [4.78, 5) is 0. The Hall–Kier alpha value is -1.73. The Bertz CT molecular complexity index is 672. The van der Waals surface area contributed by atoms with Gasteiger partial charge in [0.2, 0.25) is 0 Å². The largest absolute Gasteiger partial charge is 0.573 e. The highest BCUT2D eigenvalue weighted by Crippen LogP contribution is 2.34. The summed E-state index contributed by atoms with van der Waals surface area (Å²) < 4.78 is 40.9. The molecule has 0 aliphatic carbocycles. The van der Waals surface area contributed by atoms with Gasteiger partial charge in [0.15, 0.2) is 0 Å². The molecule has 0 unspecified atom stereocenters. The Morgan fingerprint density at radius 1 is 1.18 bits per heavy atom. The van der Waals surface area contributed by atoms with Gasteiger partial charge in [0, 0.05) is 10.0 Å². The van der Waals surface area contributed by atoms with E-state index in [0.717, 1.165) is 4.47 Å². The molecule has 0 saturated heterocycles. The van der Waals surface area contributed by atoms with Crippen molar-refractivity contribution in [1.29, 1.82) is 0 Å². The molecule has 22 heavy (non-hydrogen) atoms. The number of benzene rings is 2. The zero-order chi connectivity index (χ0) is 16.5. The molecule has 0 spiro atoms. The smallest absolute Gasteiger partial charge is 0.507 e. The number of rotatable bonds is 3. The first-order chi connectivity index (χ1) is 10.2. The topological polar surface area (TPSA) is 55.5 Å². The molecular weight excluding hydrogens is 363 g/mol. The SMILES string of the molecule is Cc1cc(Br)cc([C@H](N)c2ccc(OC(F)(F)F)cc2)c1O. The van der Waals surface area contributed by atoms with Crippen molar-refractivity contribution < 1.29 is 23.0 Å². The first kappa shape index (κ1) is 16.6. The van der Waals surface area contributed by atoms with Gasteiger partial charge in [-0.2, -0.15) is 0 Å². The quantitative estimate of drug-likeness (QED) is 0.835. The molecule has 0 amide bonds. The molecule has 1 atom stereocenters. The van der Waals surface area contributed by atoms with E-state index in [0.29, 0.717) is 16.7 Å². The van der Waals surface area contributed by atoms with E-state index in [9.17, 15) is 18.3 Å². The zero-order valence-corrected chi connectivity index (χ0v) is 13.1. The fourth-order valence-corrected chi connectivity index (χ4v) is 2.64. The number of aryl methyl sites for hydroxylation is 1. The van der Waals surface area contributed by atoms with Crippen LogP contribution in [0.2, 0.25) is 0 Å². The van der Waals surface area contributed by atoms with Gasteiger partial charge in [-0.1, -0.05) is 28.1 Å². The first-order valence-electron chi connectivity index (χ1n) is 6.27. The van der Waals surface area contributed by atoms with Gasteiger partial charge < -0.3 is 15.6 Å². The van der Waals surface area contributed by atoms with Crippen LogP contribution in [0.4, 0.5) is 13.2 Å². The summed E-state index contributed by atoms with van der Waals surface area (Å²) in [5.74, 6) is -0.260. The third-order valence-electron chi connectivity index (χ3n) is 3.10. The van der Waals surface area contributed by atoms with E-state index >= 15 is 0 Å². The van der Waals surface area contributed by atoms with Gasteiger partial charge in [0.05, 0.1) is 6.04 Å². The molecule has 0 aromatic heterocycles. The molecule has 0 heterocycles. The summed E-state index contributed by atoms with van der Waals surface area (Å²) >= 11 is 3.32. The third-order valence-corrected chi connectivity index (χ3v) is 3.56. The fourth-order valence-electron chi connectivity index (χ4n) is 2.05. The van der Waals surface area contributed by atoms with Crippen LogP contribution in [-0.2, 0) is 0 Å². The molecular formula is C15H13BrF3NO2. The second-order valence-corrected chi connectivity index (χ2v) is 5.67. The van der Waals surface area contributed by atoms with Crippen LogP contribution in [0.25, 0.3) is 0 Å². The number of hydrogen-bond acceptors (Lipinski definition) is 3. The van der Waals surface area contributed by atoms with E-state index in [1.54, 1.807) is 19.1 Å². The third kappa shape index (κ3) is 3.92. The van der Waals surface area contributed by atoms with Crippen molar-refractivity contribution in [2.45, 2.75) is 19.3 Å². The second-order valence-electron chi connectivity index (χ2n) is 4.76. The predicted octanol–water partition coefficient (Wildman–Crippen LogP) is 4.41. The lowest BCUT2D eigenvalue weighted by atomic mass is 9.97. The summed E-state index contributed by atoms with van der Waals surface area (Å²) in [6.45, 7) is 1.73. The van der Waals surface area contributed by atoms with Crippen LogP contribution in [0.5, 0.6) is 11.5 Å². The van der Waals surface area contributed by atoms with Crippen LogP contribution in [0.1, 0.15) is 22.7 Å². The minimum atomic E-state index is -4.73. The minimum absolute atomic E-state index is 0.0614. The molecule has 0 fully saturated rings. The fraction of sp³-hybridized carbons (Fsp3) is 0.200. The van der Waals surface area contributed by atoms with E-state index in [1.807, 2.05) is 0 Å². The molecule has 3 N–H and O–H groups in total. The predicted molar refractivity (Wildman–Crippen MR) is 79.7 cm³/mol. The number of hydrogen-bond donors (Lipinski definition) is 2. The Morgan fingerprint density at radius 2 is 1.77 bits per heavy atom. The van der Waals surface area contributed by atoms with E-state index in [-0.39, 0.29) is 11.5 Å². The maximum Gasteiger partial charge on any atom is 0.573 e. The molecule has 0 aliphatic rings. The molecule has 0 radical (unpaired) electrons. The molecule has 2 rings (SSSR count). The molecule has 2 aromatic carbocycles. The van der Waals surface area contributed by atoms with E-state index in [1.165, 1.54) is 24.3 Å². The lowest BCUT2D eigenvalue weighted by Crippen LogP contribution is -2.17. The molecule has 0 bridgehead atoms. The average Bonchev–Trinajstić information content (AvgIpc) is 2.41. The number of phenols is 1. The highest BCUT2D eigenvalue weighted by atomic mass is 79.9. The average molecular weight is 376 g/mol. The number of nitrogens with two attached hydrogens (primary N) is 1. The number of ether oxygens (including phenoxy) is 1. The van der Waals surface area contributed by atoms with Crippen LogP contribution in [0, 0.1) is 6.92 Å². The van der Waals surface area contributed by atoms with Gasteiger partial charge >= 0.3 is 6.36 Å². The molecule has 7 heteroatoms. The normalized spacial score (nSPS) is 13.0. The lowest BCUT2D eigenvalue weighted by molar-refractivity contribution is -0.274. The number of phenolic OH excluding ortho intramolecular Hbond substituents is 1. The monoisotopic (exact) mass is 375 g/mol. The number of alkyl halides is 3. The van der Waals surface area contributed by atoms with Gasteiger partial charge in [0.1, 0.15) is 11.5 Å². The summed E-state index contributed by atoms with van der Waals surface area (Å²) in [7, 11) is 0. The second kappa shape index (κ2) is 6.18. The van der Waals surface area contributed by atoms with E-state index in [4.69, 9.17) is 5.73 Å². The van der Waals surface area contributed by atoms with Crippen molar-refractivity contribution in [3.63, 3.8) is 0 Å². The van der Waals surface area contributed by atoms with Crippen LogP contribution < -0.4 is 10.5 Å². The highest BCUT2D eigenvalue weighted by Gasteiger charge is 2.31. The van der Waals surface area contributed by atoms with Crippen LogP contribution in [-0.4, -0.2) is 11.5 Å². The Morgan fingerprint density at radius 3 is 2.32 bits per heavy atom. The van der Waals surface area contributed by atoms with Gasteiger partial charge in [-0.05, 0) is 42.3 Å². The van der Waals surface area contributed by atoms with E-state index in [2.05, 4.69) is 20.7 Å². The van der Waals surface area contributed by atoms with Gasteiger partial charge in [-0.25, -0.2) is 0 Å². The number of aromatic hydroxyl groups is 1. The molecule has 0 aliphatic heterocycles. The minimum Gasteiger partial charge on any atom is -0.507 e. The Kier molecular flexibility index (Phi) is 4.67. The molecule has 118 valence electrons. The van der Waals surface area contributed by atoms with Crippen LogP contribution >= 0.6 is 15.9 Å². The Labute approximate surface area is 133 Å². The maximum absolute atomic E-state index is 12.1. The van der Waals surface area contributed by atoms with Gasteiger partial charge in [0.25, 0.3) is 0 Å². The van der Waals surface area contributed by atoms with Gasteiger partial charge in [-0.3, -0.25) is 0 Å². The number of halogens is 4. The summed E-state index contributed by atoms with van der Waals surface area (Å²) in [6, 6.07) is 7.98. The summed E-state index contributed by atoms with van der Waals surface area (Å²) in [5.41, 5.74) is 7.78. The lowest BCUT2D eigenvalue weighted by Gasteiger charge is -2.17. The van der Waals surface area contributed by atoms with Crippen LogP contribution in [0.3, 0.4) is 0 Å². The summed E-state index contributed by atoms with van der Waals surface area (Å²) in [5, 5.41) is 10.1. The molecule has 3 nitrogen and oxygen atoms in total. The van der Waals surface area contributed by atoms with Crippen molar-refractivity contribution in [3.8, 4) is 11.5 Å². The van der Waals surface area contributed by atoms with Crippen molar-refractivity contribution in [2.75, 3.05) is 0 Å². The van der Waals surface area contributed by atoms with Crippen molar-refractivity contribution in [2.24, 2.45) is 5.73 Å². The van der Waals surface area contributed by atoms with E-state index < -0.39 is 12.4 Å². The van der Waals surface area contributed by atoms with Gasteiger partial charge in [-0.15, -0.1) is 13.2 Å². The molecule has 0 saturated carbocycles. The van der Waals surface area contributed by atoms with Crippen LogP contribution in [0.15, 0.2) is 40.9 Å².